The average molecular weight is 270 g/mol. The predicted molar refractivity (Wildman–Crippen MR) is 79.4 cm³/mol. The monoisotopic (exact) mass is 270 g/mol. The molecule has 1 fully saturated rings. The fourth-order valence-electron chi connectivity index (χ4n) is 3.17. The van der Waals surface area contributed by atoms with Gasteiger partial charge in [-0.1, -0.05) is 37.3 Å². The van der Waals surface area contributed by atoms with Gasteiger partial charge in [0.2, 0.25) is 0 Å². The predicted octanol–water partition coefficient (Wildman–Crippen LogP) is 2.51. The summed E-state index contributed by atoms with van der Waals surface area (Å²) in [4.78, 5) is 4.30. The van der Waals surface area contributed by atoms with Gasteiger partial charge in [0, 0.05) is 12.6 Å². The van der Waals surface area contributed by atoms with Crippen molar-refractivity contribution < 1.29 is 0 Å². The van der Waals surface area contributed by atoms with Crippen molar-refractivity contribution in [3.05, 3.63) is 48.0 Å². The van der Waals surface area contributed by atoms with Crippen LogP contribution in [0.3, 0.4) is 0 Å². The van der Waals surface area contributed by atoms with Gasteiger partial charge in [-0.3, -0.25) is 0 Å². The maximum Gasteiger partial charge on any atom is 0.140 e. The lowest BCUT2D eigenvalue weighted by molar-refractivity contribution is 0.187. The van der Waals surface area contributed by atoms with E-state index in [9.17, 15) is 0 Å². The molecule has 1 aromatic heterocycles. The van der Waals surface area contributed by atoms with Crippen LogP contribution < -0.4 is 5.32 Å². The van der Waals surface area contributed by atoms with Crippen molar-refractivity contribution >= 4 is 0 Å². The highest BCUT2D eigenvalue weighted by Gasteiger charge is 2.41. The van der Waals surface area contributed by atoms with Crippen molar-refractivity contribution in [1.82, 2.24) is 20.1 Å². The van der Waals surface area contributed by atoms with E-state index in [1.807, 2.05) is 4.68 Å². The largest absolute Gasteiger partial charge is 0.307 e. The van der Waals surface area contributed by atoms with Crippen LogP contribution >= 0.6 is 0 Å². The molecule has 106 valence electrons. The first kappa shape index (κ1) is 13.3. The Labute approximate surface area is 120 Å². The van der Waals surface area contributed by atoms with E-state index in [1.54, 1.807) is 6.33 Å². The topological polar surface area (TPSA) is 42.7 Å². The van der Waals surface area contributed by atoms with Crippen LogP contribution in [-0.2, 0) is 18.5 Å². The Hall–Kier alpha value is -1.68. The molecule has 0 aliphatic heterocycles. The molecule has 1 heterocycles. The van der Waals surface area contributed by atoms with E-state index in [4.69, 9.17) is 0 Å². The third-order valence-corrected chi connectivity index (χ3v) is 4.41. The molecule has 0 unspecified atom stereocenters. The summed E-state index contributed by atoms with van der Waals surface area (Å²) in [5.74, 6) is 1.03. The molecule has 0 amide bonds. The molecule has 4 nitrogen and oxygen atoms in total. The van der Waals surface area contributed by atoms with Gasteiger partial charge in [-0.15, -0.1) is 0 Å². The number of rotatable bonds is 5. The molecule has 3 rings (SSSR count). The smallest absolute Gasteiger partial charge is 0.140 e. The Morgan fingerprint density at radius 3 is 2.75 bits per heavy atom. The maximum absolute atomic E-state index is 4.30. The number of nitrogens with zero attached hydrogens (tertiary/aromatic N) is 3. The van der Waals surface area contributed by atoms with Crippen molar-refractivity contribution in [2.24, 2.45) is 0 Å². The Morgan fingerprint density at radius 1 is 1.30 bits per heavy atom. The van der Waals surface area contributed by atoms with Gasteiger partial charge in [0.1, 0.15) is 12.2 Å². The van der Waals surface area contributed by atoms with Crippen LogP contribution in [0.2, 0.25) is 0 Å². The molecule has 1 N–H and O–H groups in total. The van der Waals surface area contributed by atoms with Gasteiger partial charge in [0.05, 0.1) is 6.54 Å². The Balaban J connectivity index is 1.54. The molecule has 0 bridgehead atoms. The van der Waals surface area contributed by atoms with Gasteiger partial charge >= 0.3 is 0 Å². The molecule has 20 heavy (non-hydrogen) atoms. The van der Waals surface area contributed by atoms with Crippen LogP contribution in [0.5, 0.6) is 0 Å². The average Bonchev–Trinajstić information content (AvgIpc) is 2.90. The van der Waals surface area contributed by atoms with Crippen molar-refractivity contribution in [2.45, 2.75) is 51.2 Å². The lowest BCUT2D eigenvalue weighted by atomic mass is 9.63. The van der Waals surface area contributed by atoms with Gasteiger partial charge in [-0.05, 0) is 30.7 Å². The van der Waals surface area contributed by atoms with Crippen molar-refractivity contribution in [3.63, 3.8) is 0 Å². The van der Waals surface area contributed by atoms with Crippen LogP contribution in [0, 0.1) is 0 Å². The van der Waals surface area contributed by atoms with Crippen molar-refractivity contribution in [1.29, 1.82) is 0 Å². The van der Waals surface area contributed by atoms with E-state index in [2.05, 4.69) is 59.6 Å². The zero-order valence-corrected chi connectivity index (χ0v) is 12.2. The molecule has 2 aromatic rings. The highest BCUT2D eigenvalue weighted by molar-refractivity contribution is 5.28. The first-order chi connectivity index (χ1) is 9.71. The number of hydrogen-bond donors (Lipinski definition) is 1. The second-order valence-corrected chi connectivity index (χ2v) is 5.90. The normalized spacial score (nSPS) is 25.4. The van der Waals surface area contributed by atoms with E-state index >= 15 is 0 Å². The lowest BCUT2D eigenvalue weighted by Gasteiger charge is -2.46. The van der Waals surface area contributed by atoms with Gasteiger partial charge < -0.3 is 5.32 Å². The first-order valence-corrected chi connectivity index (χ1v) is 7.37. The summed E-state index contributed by atoms with van der Waals surface area (Å²) in [6.45, 7) is 6.13. The van der Waals surface area contributed by atoms with Crippen molar-refractivity contribution in [3.8, 4) is 0 Å². The van der Waals surface area contributed by atoms with Crippen molar-refractivity contribution in [2.75, 3.05) is 0 Å². The van der Waals surface area contributed by atoms with Gasteiger partial charge in [-0.2, -0.15) is 5.10 Å². The molecule has 4 heteroatoms. The molecule has 1 saturated carbocycles. The summed E-state index contributed by atoms with van der Waals surface area (Å²) in [5.41, 5.74) is 1.78. The van der Waals surface area contributed by atoms with Crippen LogP contribution in [-0.4, -0.2) is 20.8 Å². The number of aromatic nitrogens is 3. The van der Waals surface area contributed by atoms with E-state index in [0.29, 0.717) is 11.5 Å². The molecule has 0 spiro atoms. The molecule has 1 aromatic carbocycles. The molecular weight excluding hydrogens is 248 g/mol. The summed E-state index contributed by atoms with van der Waals surface area (Å²) in [6.07, 6.45) is 4.02. The third kappa shape index (κ3) is 2.48. The van der Waals surface area contributed by atoms with Gasteiger partial charge in [0.25, 0.3) is 0 Å². The summed E-state index contributed by atoms with van der Waals surface area (Å²) < 4.78 is 1.95. The highest BCUT2D eigenvalue weighted by atomic mass is 15.3. The number of hydrogen-bond acceptors (Lipinski definition) is 3. The Morgan fingerprint density at radius 2 is 2.05 bits per heavy atom. The lowest BCUT2D eigenvalue weighted by Crippen LogP contribution is -2.49. The summed E-state index contributed by atoms with van der Waals surface area (Å²) in [7, 11) is 0. The Bertz CT molecular complexity index is 555. The SMILES string of the molecule is CCn1ncnc1CNC1CC(C)(c2ccccc2)C1. The second-order valence-electron chi connectivity index (χ2n) is 5.90. The second kappa shape index (κ2) is 5.37. The zero-order chi connectivity index (χ0) is 14.0. The molecule has 1 aliphatic carbocycles. The van der Waals surface area contributed by atoms with E-state index in [0.717, 1.165) is 18.9 Å². The van der Waals surface area contributed by atoms with E-state index in [-0.39, 0.29) is 0 Å². The standard InChI is InChI=1S/C16H22N4/c1-3-20-15(18-12-19-20)11-17-14-9-16(2,10-14)13-7-5-4-6-8-13/h4-8,12,14,17H,3,9-11H2,1-2H3. The third-order valence-electron chi connectivity index (χ3n) is 4.41. The van der Waals surface area contributed by atoms with Gasteiger partial charge in [-0.25, -0.2) is 9.67 Å². The maximum atomic E-state index is 4.30. The zero-order valence-electron chi connectivity index (χ0n) is 12.2. The van der Waals surface area contributed by atoms with Gasteiger partial charge in [0.15, 0.2) is 0 Å². The minimum atomic E-state index is 0.331. The quantitative estimate of drug-likeness (QED) is 0.907. The fourth-order valence-corrected chi connectivity index (χ4v) is 3.17. The summed E-state index contributed by atoms with van der Waals surface area (Å²) in [5, 5.41) is 7.80. The van der Waals surface area contributed by atoms with Crippen LogP contribution in [0.4, 0.5) is 0 Å². The number of benzene rings is 1. The fraction of sp³-hybridized carbons (Fsp3) is 0.500. The number of aryl methyl sites for hydroxylation is 1. The van der Waals surface area contributed by atoms with E-state index in [1.165, 1.54) is 18.4 Å². The van der Waals surface area contributed by atoms with Crippen LogP contribution in [0.25, 0.3) is 0 Å². The Kier molecular flexibility index (Phi) is 3.57. The molecule has 0 saturated heterocycles. The molecular formula is C16H22N4. The minimum absolute atomic E-state index is 0.331. The minimum Gasteiger partial charge on any atom is -0.307 e. The number of nitrogens with one attached hydrogen (secondary N) is 1. The highest BCUT2D eigenvalue weighted by Crippen LogP contribution is 2.43. The summed E-state index contributed by atoms with van der Waals surface area (Å²) in [6, 6.07) is 11.4. The van der Waals surface area contributed by atoms with E-state index < -0.39 is 0 Å². The van der Waals surface area contributed by atoms with Crippen LogP contribution in [0.1, 0.15) is 38.1 Å². The molecule has 0 radical (unpaired) electrons. The van der Waals surface area contributed by atoms with Crippen LogP contribution in [0.15, 0.2) is 36.7 Å². The first-order valence-electron chi connectivity index (χ1n) is 7.37. The molecule has 1 aliphatic rings. The molecule has 0 atom stereocenters. The summed E-state index contributed by atoms with van der Waals surface area (Å²) >= 11 is 0.